The molecule has 4 aromatic rings. The van der Waals surface area contributed by atoms with Crippen molar-refractivity contribution in [3.8, 4) is 0 Å². The fourth-order valence-corrected chi connectivity index (χ4v) is 3.16. The van der Waals surface area contributed by atoms with E-state index in [1.807, 2.05) is 72.8 Å². The van der Waals surface area contributed by atoms with E-state index in [1.54, 1.807) is 0 Å². The van der Waals surface area contributed by atoms with Gasteiger partial charge in [0.15, 0.2) is 5.82 Å². The fourth-order valence-electron chi connectivity index (χ4n) is 3.16. The predicted molar refractivity (Wildman–Crippen MR) is 103 cm³/mol. The zero-order valence-corrected chi connectivity index (χ0v) is 14.7. The standard InChI is InChI=1S/C21H19N5O/c27-21(18-11-10-16-8-4-5-9-17(16)13-18)22-19(14-20-23-25-26-24-20)12-15-6-2-1-3-7-15/h1-11,13,19H,12,14H2,(H,22,27)(H,23,24,25,26)/t19-/m1/s1. The van der Waals surface area contributed by atoms with Crippen LogP contribution in [0.2, 0.25) is 0 Å². The van der Waals surface area contributed by atoms with E-state index in [0.717, 1.165) is 16.3 Å². The van der Waals surface area contributed by atoms with Crippen molar-refractivity contribution in [2.75, 3.05) is 0 Å². The number of hydrogen-bond acceptors (Lipinski definition) is 4. The molecule has 0 unspecified atom stereocenters. The first-order valence-corrected chi connectivity index (χ1v) is 8.84. The van der Waals surface area contributed by atoms with Gasteiger partial charge < -0.3 is 5.32 Å². The lowest BCUT2D eigenvalue weighted by atomic mass is 10.0. The number of H-pyrrole nitrogens is 1. The van der Waals surface area contributed by atoms with Crippen molar-refractivity contribution in [2.24, 2.45) is 0 Å². The summed E-state index contributed by atoms with van der Waals surface area (Å²) < 4.78 is 0. The number of amides is 1. The largest absolute Gasteiger partial charge is 0.349 e. The van der Waals surface area contributed by atoms with Gasteiger partial charge in [-0.05, 0) is 34.9 Å². The Morgan fingerprint density at radius 2 is 1.70 bits per heavy atom. The Hall–Kier alpha value is -3.54. The summed E-state index contributed by atoms with van der Waals surface area (Å²) in [4.78, 5) is 12.8. The van der Waals surface area contributed by atoms with E-state index in [9.17, 15) is 4.79 Å². The number of aromatic amines is 1. The van der Waals surface area contributed by atoms with Gasteiger partial charge in [0.05, 0.1) is 0 Å². The SMILES string of the molecule is O=C(N[C@H](Cc1ccccc1)Cc1nn[nH]n1)c1ccc2ccccc2c1. The Labute approximate surface area is 156 Å². The number of carbonyl (C=O) groups excluding carboxylic acids is 1. The summed E-state index contributed by atoms with van der Waals surface area (Å²) in [7, 11) is 0. The minimum Gasteiger partial charge on any atom is -0.349 e. The number of aromatic nitrogens is 4. The van der Waals surface area contributed by atoms with E-state index in [1.165, 1.54) is 0 Å². The normalized spacial score (nSPS) is 12.0. The molecule has 0 aliphatic heterocycles. The highest BCUT2D eigenvalue weighted by molar-refractivity contribution is 5.98. The number of carbonyl (C=O) groups is 1. The summed E-state index contributed by atoms with van der Waals surface area (Å²) in [5.41, 5.74) is 1.78. The van der Waals surface area contributed by atoms with Crippen molar-refractivity contribution >= 4 is 16.7 Å². The van der Waals surface area contributed by atoms with Crippen LogP contribution in [0.5, 0.6) is 0 Å². The van der Waals surface area contributed by atoms with Gasteiger partial charge in [-0.1, -0.05) is 65.9 Å². The summed E-state index contributed by atoms with van der Waals surface area (Å²) in [6.45, 7) is 0. The summed E-state index contributed by atoms with van der Waals surface area (Å²) in [5.74, 6) is 0.472. The van der Waals surface area contributed by atoms with Crippen LogP contribution in [0.4, 0.5) is 0 Å². The molecule has 0 saturated carbocycles. The summed E-state index contributed by atoms with van der Waals surface area (Å²) in [5, 5.41) is 19.4. The Bertz CT molecular complexity index is 1030. The smallest absolute Gasteiger partial charge is 0.251 e. The molecule has 1 atom stereocenters. The highest BCUT2D eigenvalue weighted by Crippen LogP contribution is 2.16. The van der Waals surface area contributed by atoms with E-state index in [2.05, 4.69) is 25.9 Å². The number of tetrazole rings is 1. The lowest BCUT2D eigenvalue weighted by Crippen LogP contribution is -2.38. The fraction of sp³-hybridized carbons (Fsp3) is 0.143. The lowest BCUT2D eigenvalue weighted by Gasteiger charge is -2.18. The number of hydrogen-bond donors (Lipinski definition) is 2. The molecule has 0 spiro atoms. The van der Waals surface area contributed by atoms with Crippen molar-refractivity contribution in [1.29, 1.82) is 0 Å². The Morgan fingerprint density at radius 1 is 0.926 bits per heavy atom. The van der Waals surface area contributed by atoms with Crippen LogP contribution in [-0.2, 0) is 12.8 Å². The molecule has 0 fully saturated rings. The Balaban J connectivity index is 1.54. The molecule has 0 saturated heterocycles. The van der Waals surface area contributed by atoms with E-state index < -0.39 is 0 Å². The number of fused-ring (bicyclic) bond motifs is 1. The molecule has 6 heteroatoms. The molecule has 0 bridgehead atoms. The van der Waals surface area contributed by atoms with Crippen molar-refractivity contribution < 1.29 is 4.79 Å². The van der Waals surface area contributed by atoms with E-state index in [-0.39, 0.29) is 11.9 Å². The highest BCUT2D eigenvalue weighted by Gasteiger charge is 2.17. The number of nitrogens with one attached hydrogen (secondary N) is 2. The molecular weight excluding hydrogens is 338 g/mol. The molecule has 1 aromatic heterocycles. The first kappa shape index (κ1) is 16.9. The van der Waals surface area contributed by atoms with Gasteiger partial charge >= 0.3 is 0 Å². The first-order chi connectivity index (χ1) is 13.3. The third-order valence-electron chi connectivity index (χ3n) is 4.49. The average Bonchev–Trinajstić information content (AvgIpc) is 3.21. The van der Waals surface area contributed by atoms with Crippen LogP contribution >= 0.6 is 0 Å². The summed E-state index contributed by atoms with van der Waals surface area (Å²) in [6, 6.07) is 23.7. The lowest BCUT2D eigenvalue weighted by molar-refractivity contribution is 0.0936. The minimum atomic E-state index is -0.135. The van der Waals surface area contributed by atoms with Gasteiger partial charge in [-0.25, -0.2) is 0 Å². The van der Waals surface area contributed by atoms with Gasteiger partial charge in [0, 0.05) is 18.0 Å². The third-order valence-corrected chi connectivity index (χ3v) is 4.49. The molecule has 3 aromatic carbocycles. The van der Waals surface area contributed by atoms with Crippen LogP contribution in [0.15, 0.2) is 72.8 Å². The van der Waals surface area contributed by atoms with Crippen LogP contribution in [0.1, 0.15) is 21.7 Å². The number of benzene rings is 3. The van der Waals surface area contributed by atoms with Crippen LogP contribution in [0.25, 0.3) is 10.8 Å². The van der Waals surface area contributed by atoms with Crippen molar-refractivity contribution in [3.63, 3.8) is 0 Å². The average molecular weight is 357 g/mol. The predicted octanol–water partition coefficient (Wildman–Crippen LogP) is 2.94. The van der Waals surface area contributed by atoms with Gasteiger partial charge in [0.1, 0.15) is 0 Å². The highest BCUT2D eigenvalue weighted by atomic mass is 16.1. The molecule has 2 N–H and O–H groups in total. The van der Waals surface area contributed by atoms with Gasteiger partial charge in [-0.2, -0.15) is 5.21 Å². The molecule has 6 nitrogen and oxygen atoms in total. The van der Waals surface area contributed by atoms with Gasteiger partial charge in [0.2, 0.25) is 0 Å². The van der Waals surface area contributed by atoms with E-state index in [4.69, 9.17) is 0 Å². The monoisotopic (exact) mass is 357 g/mol. The third kappa shape index (κ3) is 4.17. The first-order valence-electron chi connectivity index (χ1n) is 8.84. The van der Waals surface area contributed by atoms with Crippen molar-refractivity contribution in [3.05, 3.63) is 89.7 Å². The van der Waals surface area contributed by atoms with Crippen molar-refractivity contribution in [2.45, 2.75) is 18.9 Å². The van der Waals surface area contributed by atoms with Crippen molar-refractivity contribution in [1.82, 2.24) is 25.9 Å². The number of nitrogens with zero attached hydrogens (tertiary/aromatic N) is 3. The van der Waals surface area contributed by atoms with Gasteiger partial charge in [-0.15, -0.1) is 10.2 Å². The summed E-state index contributed by atoms with van der Waals surface area (Å²) >= 11 is 0. The maximum Gasteiger partial charge on any atom is 0.251 e. The molecule has 27 heavy (non-hydrogen) atoms. The maximum atomic E-state index is 12.8. The maximum absolute atomic E-state index is 12.8. The Morgan fingerprint density at radius 3 is 2.48 bits per heavy atom. The molecule has 1 heterocycles. The minimum absolute atomic E-state index is 0.106. The quantitative estimate of drug-likeness (QED) is 0.556. The molecule has 134 valence electrons. The molecule has 1 amide bonds. The van der Waals surface area contributed by atoms with Crippen LogP contribution in [-0.4, -0.2) is 32.6 Å². The second-order valence-corrected chi connectivity index (χ2v) is 6.45. The zero-order chi connectivity index (χ0) is 18.5. The van der Waals surface area contributed by atoms with Crippen LogP contribution in [0.3, 0.4) is 0 Å². The van der Waals surface area contributed by atoms with Gasteiger partial charge in [0.25, 0.3) is 5.91 Å². The topological polar surface area (TPSA) is 83.6 Å². The van der Waals surface area contributed by atoms with Gasteiger partial charge in [-0.3, -0.25) is 4.79 Å². The molecular formula is C21H19N5O. The summed E-state index contributed by atoms with van der Waals surface area (Å²) in [6.07, 6.45) is 1.19. The van der Waals surface area contributed by atoms with E-state index in [0.29, 0.717) is 24.2 Å². The number of rotatable bonds is 6. The second-order valence-electron chi connectivity index (χ2n) is 6.45. The molecule has 0 aliphatic rings. The van der Waals surface area contributed by atoms with Crippen LogP contribution < -0.4 is 5.32 Å². The Kier molecular flexibility index (Phi) is 4.87. The second kappa shape index (κ2) is 7.78. The molecule has 0 radical (unpaired) electrons. The molecule has 0 aliphatic carbocycles. The van der Waals surface area contributed by atoms with Crippen LogP contribution in [0, 0.1) is 0 Å². The van der Waals surface area contributed by atoms with E-state index >= 15 is 0 Å². The molecule has 4 rings (SSSR count). The zero-order valence-electron chi connectivity index (χ0n) is 14.7.